The lowest BCUT2D eigenvalue weighted by Crippen LogP contribution is -2.30. The number of hydrogen-bond acceptors (Lipinski definition) is 6. The first-order valence-electron chi connectivity index (χ1n) is 23.7. The second kappa shape index (κ2) is 47.0. The molecule has 0 aliphatic heterocycles. The predicted octanol–water partition coefficient (Wildman–Crippen LogP) is 15.4. The lowest BCUT2D eigenvalue weighted by molar-refractivity contribution is -0.167. The number of unbranched alkanes of at least 4 members (excludes halogenated alkanes) is 14. The SMILES string of the molecule is CC/C=C\C/C=C\C/C=C\C/C=C\C/C=C\C/C=C\CCCCC(=O)OCC(COC(=O)CCCCCCCC)OC(=O)CCCCCCC/C=C\C/C=C\CCCC. The van der Waals surface area contributed by atoms with Gasteiger partial charge < -0.3 is 14.2 Å². The Hall–Kier alpha value is -3.67. The summed E-state index contributed by atoms with van der Waals surface area (Å²) in [5, 5.41) is 0. The molecule has 0 aliphatic carbocycles. The molecule has 0 aromatic heterocycles. The summed E-state index contributed by atoms with van der Waals surface area (Å²) in [5.74, 6) is -0.977. The summed E-state index contributed by atoms with van der Waals surface area (Å²) in [6.07, 6.45) is 61.3. The molecule has 0 saturated carbocycles. The minimum absolute atomic E-state index is 0.0988. The van der Waals surface area contributed by atoms with Gasteiger partial charge in [0.05, 0.1) is 0 Å². The number of esters is 3. The first-order valence-corrected chi connectivity index (χ1v) is 23.7. The van der Waals surface area contributed by atoms with Crippen molar-refractivity contribution in [2.75, 3.05) is 13.2 Å². The van der Waals surface area contributed by atoms with E-state index in [0.29, 0.717) is 19.3 Å². The molecule has 0 heterocycles. The number of rotatable bonds is 41. The van der Waals surface area contributed by atoms with Gasteiger partial charge in [0.15, 0.2) is 6.10 Å². The zero-order valence-corrected chi connectivity index (χ0v) is 38.0. The summed E-state index contributed by atoms with van der Waals surface area (Å²) in [4.78, 5) is 37.6. The Morgan fingerprint density at radius 3 is 1.12 bits per heavy atom. The van der Waals surface area contributed by atoms with Gasteiger partial charge in [-0.15, -0.1) is 0 Å². The van der Waals surface area contributed by atoms with Gasteiger partial charge in [-0.25, -0.2) is 0 Å². The zero-order valence-electron chi connectivity index (χ0n) is 38.0. The molecule has 6 nitrogen and oxygen atoms in total. The maximum Gasteiger partial charge on any atom is 0.306 e. The summed E-state index contributed by atoms with van der Waals surface area (Å²) in [7, 11) is 0. The van der Waals surface area contributed by atoms with E-state index in [-0.39, 0.29) is 31.1 Å². The van der Waals surface area contributed by atoms with E-state index in [1.54, 1.807) is 0 Å². The minimum Gasteiger partial charge on any atom is -0.462 e. The van der Waals surface area contributed by atoms with Crippen molar-refractivity contribution in [3.63, 3.8) is 0 Å². The van der Waals surface area contributed by atoms with Crippen LogP contribution >= 0.6 is 0 Å². The number of ether oxygens (including phenoxy) is 3. The van der Waals surface area contributed by atoms with Crippen LogP contribution < -0.4 is 0 Å². The van der Waals surface area contributed by atoms with Crippen LogP contribution in [0.25, 0.3) is 0 Å². The molecule has 59 heavy (non-hydrogen) atoms. The Balaban J connectivity index is 4.36. The Morgan fingerprint density at radius 1 is 0.356 bits per heavy atom. The molecule has 1 atom stereocenters. The third-order valence-electron chi connectivity index (χ3n) is 9.57. The summed E-state index contributed by atoms with van der Waals surface area (Å²) in [5.41, 5.74) is 0. The largest absolute Gasteiger partial charge is 0.462 e. The van der Waals surface area contributed by atoms with E-state index in [2.05, 4.69) is 118 Å². The van der Waals surface area contributed by atoms with Crippen LogP contribution in [0.5, 0.6) is 0 Å². The molecule has 1 unspecified atom stereocenters. The van der Waals surface area contributed by atoms with E-state index in [4.69, 9.17) is 14.2 Å². The smallest absolute Gasteiger partial charge is 0.306 e. The number of carbonyl (C=O) groups is 3. The van der Waals surface area contributed by atoms with Gasteiger partial charge in [-0.1, -0.05) is 182 Å². The van der Waals surface area contributed by atoms with Crippen LogP contribution in [0.4, 0.5) is 0 Å². The van der Waals surface area contributed by atoms with Crippen molar-refractivity contribution in [2.45, 2.75) is 207 Å². The average molecular weight is 819 g/mol. The first-order chi connectivity index (χ1) is 29.0. The fraction of sp³-hybridized carbons (Fsp3) is 0.642. The standard InChI is InChI=1S/C53H86O6/c1-4-7-10-13-16-18-20-22-24-25-26-27-28-29-30-32-33-35-37-40-43-46-52(55)58-49-50(48-57-51(54)45-42-39-15-12-9-6-3)59-53(56)47-44-41-38-36-34-31-23-21-19-17-14-11-8-5-2/h7,10,14,16-18,21-24,26-27,29-30,33,35,50H,4-6,8-9,11-13,15,19-20,25,28,31-32,34,36-49H2,1-3H3/b10-7-,17-14-,18-16-,23-21-,24-22-,27-26-,30-29-,35-33-. The Kier molecular flexibility index (Phi) is 44.1. The fourth-order valence-corrected chi connectivity index (χ4v) is 5.99. The van der Waals surface area contributed by atoms with Gasteiger partial charge >= 0.3 is 17.9 Å². The molecular weight excluding hydrogens is 733 g/mol. The number of carbonyl (C=O) groups excluding carboxylic acids is 3. The quantitative estimate of drug-likeness (QED) is 0.0265. The Labute approximate surface area is 362 Å². The summed E-state index contributed by atoms with van der Waals surface area (Å²) >= 11 is 0. The fourth-order valence-electron chi connectivity index (χ4n) is 5.99. The molecule has 0 radical (unpaired) electrons. The molecule has 334 valence electrons. The van der Waals surface area contributed by atoms with Gasteiger partial charge in [-0.2, -0.15) is 0 Å². The van der Waals surface area contributed by atoms with Crippen molar-refractivity contribution in [1.82, 2.24) is 0 Å². The molecule has 0 N–H and O–H groups in total. The van der Waals surface area contributed by atoms with Crippen molar-refractivity contribution in [1.29, 1.82) is 0 Å². The van der Waals surface area contributed by atoms with Crippen molar-refractivity contribution in [3.8, 4) is 0 Å². The van der Waals surface area contributed by atoms with Crippen LogP contribution in [0.3, 0.4) is 0 Å². The molecule has 0 fully saturated rings. The van der Waals surface area contributed by atoms with Gasteiger partial charge in [-0.05, 0) is 96.3 Å². The molecule has 0 saturated heterocycles. The first kappa shape index (κ1) is 55.3. The molecule has 6 heteroatoms. The van der Waals surface area contributed by atoms with E-state index in [0.717, 1.165) is 122 Å². The maximum atomic E-state index is 12.7. The highest BCUT2D eigenvalue weighted by molar-refractivity contribution is 5.71. The summed E-state index contributed by atoms with van der Waals surface area (Å²) in [6.45, 7) is 6.35. The van der Waals surface area contributed by atoms with Crippen LogP contribution in [-0.4, -0.2) is 37.2 Å². The molecule has 0 aromatic carbocycles. The van der Waals surface area contributed by atoms with Crippen molar-refractivity contribution in [2.24, 2.45) is 0 Å². The molecule has 0 amide bonds. The van der Waals surface area contributed by atoms with Crippen LogP contribution in [0.1, 0.15) is 201 Å². The predicted molar refractivity (Wildman–Crippen MR) is 251 cm³/mol. The third-order valence-corrected chi connectivity index (χ3v) is 9.57. The monoisotopic (exact) mass is 819 g/mol. The highest BCUT2D eigenvalue weighted by atomic mass is 16.6. The van der Waals surface area contributed by atoms with Gasteiger partial charge in [0, 0.05) is 19.3 Å². The number of hydrogen-bond donors (Lipinski definition) is 0. The van der Waals surface area contributed by atoms with Crippen LogP contribution in [0.15, 0.2) is 97.2 Å². The molecular formula is C53H86O6. The summed E-state index contributed by atoms with van der Waals surface area (Å²) in [6, 6.07) is 0. The van der Waals surface area contributed by atoms with E-state index in [1.807, 2.05) is 0 Å². The van der Waals surface area contributed by atoms with E-state index in [9.17, 15) is 14.4 Å². The Morgan fingerprint density at radius 2 is 0.678 bits per heavy atom. The van der Waals surface area contributed by atoms with Gasteiger partial charge in [0.2, 0.25) is 0 Å². The molecule has 0 spiro atoms. The van der Waals surface area contributed by atoms with E-state index >= 15 is 0 Å². The van der Waals surface area contributed by atoms with Gasteiger partial charge in [0.1, 0.15) is 13.2 Å². The zero-order chi connectivity index (χ0) is 43.0. The van der Waals surface area contributed by atoms with Crippen LogP contribution in [-0.2, 0) is 28.6 Å². The normalized spacial score (nSPS) is 12.9. The van der Waals surface area contributed by atoms with Gasteiger partial charge in [0.25, 0.3) is 0 Å². The highest BCUT2D eigenvalue weighted by Gasteiger charge is 2.19. The second-order valence-corrected chi connectivity index (χ2v) is 15.3. The topological polar surface area (TPSA) is 78.9 Å². The van der Waals surface area contributed by atoms with E-state index < -0.39 is 6.10 Å². The molecule has 0 aliphatic rings. The molecule has 0 bridgehead atoms. The summed E-state index contributed by atoms with van der Waals surface area (Å²) < 4.78 is 16.6. The van der Waals surface area contributed by atoms with Crippen molar-refractivity contribution < 1.29 is 28.6 Å². The Bertz CT molecular complexity index is 1220. The highest BCUT2D eigenvalue weighted by Crippen LogP contribution is 2.12. The number of allylic oxidation sites excluding steroid dienone is 16. The third kappa shape index (κ3) is 45.3. The minimum atomic E-state index is -0.799. The molecule has 0 aromatic rings. The van der Waals surface area contributed by atoms with Crippen molar-refractivity contribution >= 4 is 17.9 Å². The lowest BCUT2D eigenvalue weighted by Gasteiger charge is -2.18. The van der Waals surface area contributed by atoms with Crippen LogP contribution in [0.2, 0.25) is 0 Å². The average Bonchev–Trinajstić information content (AvgIpc) is 3.23. The van der Waals surface area contributed by atoms with E-state index in [1.165, 1.54) is 38.5 Å². The van der Waals surface area contributed by atoms with Crippen LogP contribution in [0, 0.1) is 0 Å². The van der Waals surface area contributed by atoms with Crippen molar-refractivity contribution in [3.05, 3.63) is 97.2 Å². The lowest BCUT2D eigenvalue weighted by atomic mass is 10.1. The second-order valence-electron chi connectivity index (χ2n) is 15.3. The molecule has 0 rings (SSSR count). The maximum absolute atomic E-state index is 12.7. The van der Waals surface area contributed by atoms with Gasteiger partial charge in [-0.3, -0.25) is 14.4 Å².